The van der Waals surface area contributed by atoms with Crippen molar-refractivity contribution in [3.63, 3.8) is 0 Å². The number of hydrogen-bond acceptors (Lipinski definition) is 5. The topological polar surface area (TPSA) is 52.6 Å². The number of ether oxygens (including phenoxy) is 2. The average molecular weight is 553 g/mol. The van der Waals surface area contributed by atoms with Crippen LogP contribution in [0.25, 0.3) is 5.76 Å². The van der Waals surface area contributed by atoms with E-state index in [1.807, 2.05) is 127 Å². The number of fused-ring (bicyclic) bond motifs is 3. The molecule has 5 heteroatoms. The molecule has 0 aliphatic heterocycles. The Hall–Kier alpha value is -4.87. The summed E-state index contributed by atoms with van der Waals surface area (Å²) in [6.07, 6.45) is 6.29. The first kappa shape index (κ1) is 25.1. The van der Waals surface area contributed by atoms with Gasteiger partial charge in [0.2, 0.25) is 0 Å². The standard InChI is InChI=1S/C36H24O4S/c37-33-27-18-10-11-19-29(27)35(39-23-12-4-1-5-13-23)31-32(33)36(40-24-14-6-2-7-15-24)30-22-26(20-21-28(30)34(31)38)41-25-16-8-3-9-17-25/h1-17,19-22,27H,18H2. The van der Waals surface area contributed by atoms with E-state index in [0.29, 0.717) is 46.1 Å². The summed E-state index contributed by atoms with van der Waals surface area (Å²) in [5, 5.41) is 0. The summed E-state index contributed by atoms with van der Waals surface area (Å²) >= 11 is 1.59. The van der Waals surface area contributed by atoms with Crippen LogP contribution in [-0.2, 0) is 4.79 Å². The predicted octanol–water partition coefficient (Wildman–Crippen LogP) is 8.24. The molecular formula is C36H24O4S. The second kappa shape index (κ2) is 10.6. The third-order valence-corrected chi connectivity index (χ3v) is 8.30. The molecule has 0 radical (unpaired) electrons. The van der Waals surface area contributed by atoms with E-state index in [-0.39, 0.29) is 22.7 Å². The molecule has 0 amide bonds. The smallest absolute Gasteiger partial charge is 0.198 e. The molecule has 0 aromatic heterocycles. The molecule has 3 aliphatic carbocycles. The Kier molecular flexibility index (Phi) is 6.50. The number of Topliss-reactive ketones (excluding diaryl/α,β-unsaturated/α-hetero) is 2. The molecule has 0 bridgehead atoms. The summed E-state index contributed by atoms with van der Waals surface area (Å²) in [6, 6.07) is 34.5. The summed E-state index contributed by atoms with van der Waals surface area (Å²) in [4.78, 5) is 30.6. The minimum absolute atomic E-state index is 0.137. The molecule has 0 saturated heterocycles. The largest absolute Gasteiger partial charge is 0.456 e. The first-order chi connectivity index (χ1) is 20.2. The fourth-order valence-corrected chi connectivity index (χ4v) is 6.28. The highest BCUT2D eigenvalue weighted by Gasteiger charge is 2.46. The van der Waals surface area contributed by atoms with E-state index in [2.05, 4.69) is 0 Å². The van der Waals surface area contributed by atoms with Crippen molar-refractivity contribution >= 4 is 29.1 Å². The van der Waals surface area contributed by atoms with Gasteiger partial charge >= 0.3 is 0 Å². The van der Waals surface area contributed by atoms with Gasteiger partial charge in [0.1, 0.15) is 23.0 Å². The number of carbonyl (C=O) groups excluding carboxylic acids is 2. The Morgan fingerprint density at radius 3 is 1.95 bits per heavy atom. The first-order valence-electron chi connectivity index (χ1n) is 13.5. The van der Waals surface area contributed by atoms with E-state index in [1.54, 1.807) is 11.8 Å². The van der Waals surface area contributed by atoms with E-state index in [0.717, 1.165) is 9.79 Å². The first-order valence-corrected chi connectivity index (χ1v) is 14.3. The highest BCUT2D eigenvalue weighted by Crippen LogP contribution is 2.48. The van der Waals surface area contributed by atoms with Gasteiger partial charge in [-0.05, 0) is 61.0 Å². The molecule has 3 aliphatic rings. The van der Waals surface area contributed by atoms with Crippen molar-refractivity contribution in [2.75, 3.05) is 0 Å². The third-order valence-electron chi connectivity index (χ3n) is 7.30. The van der Waals surface area contributed by atoms with Crippen LogP contribution in [0.1, 0.15) is 22.3 Å². The lowest BCUT2D eigenvalue weighted by Crippen LogP contribution is -2.35. The molecule has 0 heterocycles. The number of allylic oxidation sites excluding steroid dienone is 6. The third kappa shape index (κ3) is 4.64. The highest BCUT2D eigenvalue weighted by molar-refractivity contribution is 7.99. The maximum Gasteiger partial charge on any atom is 0.198 e. The molecule has 0 N–H and O–H groups in total. The normalized spacial score (nSPS) is 17.5. The van der Waals surface area contributed by atoms with Crippen molar-refractivity contribution in [3.8, 4) is 11.5 Å². The van der Waals surface area contributed by atoms with E-state index in [4.69, 9.17) is 9.47 Å². The van der Waals surface area contributed by atoms with Crippen LogP contribution >= 0.6 is 11.8 Å². The quantitative estimate of drug-likeness (QED) is 0.241. The molecule has 4 aromatic rings. The van der Waals surface area contributed by atoms with Crippen LogP contribution in [0, 0.1) is 5.92 Å². The van der Waals surface area contributed by atoms with Crippen LogP contribution in [-0.4, -0.2) is 11.6 Å². The fraction of sp³-hybridized carbons (Fsp3) is 0.0556. The molecule has 1 atom stereocenters. The molecule has 0 saturated carbocycles. The lowest BCUT2D eigenvalue weighted by molar-refractivity contribution is -0.118. The second-order valence-electron chi connectivity index (χ2n) is 9.89. The molecule has 4 aromatic carbocycles. The van der Waals surface area contributed by atoms with E-state index >= 15 is 0 Å². The summed E-state index contributed by atoms with van der Waals surface area (Å²) < 4.78 is 13.0. The van der Waals surface area contributed by atoms with Gasteiger partial charge in [-0.2, -0.15) is 0 Å². The van der Waals surface area contributed by atoms with Gasteiger partial charge < -0.3 is 9.47 Å². The highest BCUT2D eigenvalue weighted by atomic mass is 32.2. The van der Waals surface area contributed by atoms with Gasteiger partial charge in [-0.25, -0.2) is 0 Å². The molecule has 1 unspecified atom stereocenters. The van der Waals surface area contributed by atoms with Gasteiger partial charge in [0.25, 0.3) is 0 Å². The van der Waals surface area contributed by atoms with Crippen molar-refractivity contribution in [1.29, 1.82) is 0 Å². The number of benzene rings is 4. The van der Waals surface area contributed by atoms with Crippen molar-refractivity contribution < 1.29 is 19.1 Å². The van der Waals surface area contributed by atoms with Crippen LogP contribution in [0.2, 0.25) is 0 Å². The summed E-state index contributed by atoms with van der Waals surface area (Å²) in [6.45, 7) is 0. The van der Waals surface area contributed by atoms with Gasteiger partial charge in [0.05, 0.1) is 17.1 Å². The van der Waals surface area contributed by atoms with Crippen LogP contribution in [0.5, 0.6) is 11.5 Å². The minimum atomic E-state index is -0.469. The van der Waals surface area contributed by atoms with Crippen molar-refractivity contribution in [2.24, 2.45) is 5.92 Å². The Morgan fingerprint density at radius 2 is 1.27 bits per heavy atom. The Morgan fingerprint density at radius 1 is 0.634 bits per heavy atom. The zero-order valence-electron chi connectivity index (χ0n) is 22.0. The minimum Gasteiger partial charge on any atom is -0.456 e. The van der Waals surface area contributed by atoms with Gasteiger partial charge in [-0.1, -0.05) is 84.6 Å². The molecule has 0 fully saturated rings. The van der Waals surface area contributed by atoms with Crippen molar-refractivity contribution in [1.82, 2.24) is 0 Å². The maximum absolute atomic E-state index is 14.3. The lowest BCUT2D eigenvalue weighted by Gasteiger charge is -2.34. The molecular weight excluding hydrogens is 528 g/mol. The molecule has 198 valence electrons. The van der Waals surface area contributed by atoms with Crippen LogP contribution in [0.15, 0.2) is 160 Å². The average Bonchev–Trinajstić information content (AvgIpc) is 3.02. The molecule has 7 rings (SSSR count). The summed E-state index contributed by atoms with van der Waals surface area (Å²) in [7, 11) is 0. The van der Waals surface area contributed by atoms with Gasteiger partial charge in [-0.3, -0.25) is 9.59 Å². The van der Waals surface area contributed by atoms with Crippen LogP contribution < -0.4 is 9.47 Å². The number of para-hydroxylation sites is 2. The Balaban J connectivity index is 1.47. The van der Waals surface area contributed by atoms with E-state index in [1.165, 1.54) is 0 Å². The number of carbonyl (C=O) groups is 2. The van der Waals surface area contributed by atoms with Gasteiger partial charge in [0, 0.05) is 26.5 Å². The van der Waals surface area contributed by atoms with Crippen molar-refractivity contribution in [3.05, 3.63) is 161 Å². The van der Waals surface area contributed by atoms with Crippen LogP contribution in [0.3, 0.4) is 0 Å². The van der Waals surface area contributed by atoms with Gasteiger partial charge in [-0.15, -0.1) is 0 Å². The Bertz CT molecular complexity index is 1800. The monoisotopic (exact) mass is 552 g/mol. The number of rotatable bonds is 6. The second-order valence-corrected chi connectivity index (χ2v) is 11.0. The maximum atomic E-state index is 14.3. The zero-order valence-corrected chi connectivity index (χ0v) is 22.8. The Labute approximate surface area is 242 Å². The molecule has 0 spiro atoms. The molecule has 4 nitrogen and oxygen atoms in total. The number of ketones is 2. The van der Waals surface area contributed by atoms with Crippen molar-refractivity contribution in [2.45, 2.75) is 16.2 Å². The van der Waals surface area contributed by atoms with E-state index < -0.39 is 5.92 Å². The summed E-state index contributed by atoms with van der Waals surface area (Å²) in [5.74, 6) is 1.11. The van der Waals surface area contributed by atoms with E-state index in [9.17, 15) is 9.59 Å². The SMILES string of the molecule is O=C1C2=C(Oc3ccccc3)C3=CC=CCC3C(=O)C2=C(Oc2ccccc2)c2cc(Sc3ccccc3)ccc21. The van der Waals surface area contributed by atoms with Crippen LogP contribution in [0.4, 0.5) is 0 Å². The zero-order chi connectivity index (χ0) is 27.8. The summed E-state index contributed by atoms with van der Waals surface area (Å²) in [5.41, 5.74) is 2.31. The van der Waals surface area contributed by atoms with Gasteiger partial charge in [0.15, 0.2) is 11.6 Å². The number of hydrogen-bond donors (Lipinski definition) is 0. The lowest BCUT2D eigenvalue weighted by atomic mass is 9.71. The predicted molar refractivity (Wildman–Crippen MR) is 160 cm³/mol. The fourth-order valence-electron chi connectivity index (χ4n) is 5.40. The molecule has 41 heavy (non-hydrogen) atoms.